The number of likely N-dealkylation sites (N-methyl/N-ethyl adjacent to an activating group) is 1. The summed E-state index contributed by atoms with van der Waals surface area (Å²) in [5.74, 6) is 0.0642. The summed E-state index contributed by atoms with van der Waals surface area (Å²) in [6, 6.07) is 8.07. The Hall–Kier alpha value is -1.81. The number of rotatable bonds is 5. The number of carbonyl (C=O) groups excluding carboxylic acids is 1. The van der Waals surface area contributed by atoms with Crippen molar-refractivity contribution in [1.82, 2.24) is 9.88 Å². The third-order valence-electron chi connectivity index (χ3n) is 3.14. The van der Waals surface area contributed by atoms with Crippen LogP contribution in [0.4, 0.5) is 0 Å². The maximum absolute atomic E-state index is 11.8. The molecule has 4 nitrogen and oxygen atoms in total. The SMILES string of the molecule is CN(CCO)C(=O)CCc1c[nH]c2ccccc12. The van der Waals surface area contributed by atoms with Gasteiger partial charge in [-0.15, -0.1) is 0 Å². The third-order valence-corrected chi connectivity index (χ3v) is 3.14. The number of aliphatic hydroxyl groups excluding tert-OH is 1. The van der Waals surface area contributed by atoms with Crippen LogP contribution >= 0.6 is 0 Å². The highest BCUT2D eigenvalue weighted by Gasteiger charge is 2.10. The molecule has 0 aliphatic heterocycles. The highest BCUT2D eigenvalue weighted by atomic mass is 16.3. The van der Waals surface area contributed by atoms with Crippen molar-refractivity contribution in [3.8, 4) is 0 Å². The summed E-state index contributed by atoms with van der Waals surface area (Å²) >= 11 is 0. The van der Waals surface area contributed by atoms with Crippen LogP contribution in [0.25, 0.3) is 10.9 Å². The normalized spacial score (nSPS) is 10.8. The number of benzene rings is 1. The molecule has 0 bridgehead atoms. The quantitative estimate of drug-likeness (QED) is 0.841. The fourth-order valence-corrected chi connectivity index (χ4v) is 2.05. The van der Waals surface area contributed by atoms with Crippen LogP contribution in [-0.2, 0) is 11.2 Å². The molecule has 96 valence electrons. The minimum atomic E-state index is 0.00925. The van der Waals surface area contributed by atoms with Gasteiger partial charge in [0.1, 0.15) is 0 Å². The number of amides is 1. The number of aromatic amines is 1. The largest absolute Gasteiger partial charge is 0.395 e. The van der Waals surface area contributed by atoms with E-state index in [9.17, 15) is 4.79 Å². The van der Waals surface area contributed by atoms with Crippen LogP contribution in [0.3, 0.4) is 0 Å². The van der Waals surface area contributed by atoms with Crippen molar-refractivity contribution in [3.05, 3.63) is 36.0 Å². The second-order valence-corrected chi connectivity index (χ2v) is 4.40. The fourth-order valence-electron chi connectivity index (χ4n) is 2.05. The Morgan fingerprint density at radius 1 is 1.39 bits per heavy atom. The van der Waals surface area contributed by atoms with Crippen LogP contribution in [0.2, 0.25) is 0 Å². The molecule has 0 fully saturated rings. The third kappa shape index (κ3) is 2.71. The lowest BCUT2D eigenvalue weighted by Crippen LogP contribution is -2.29. The number of H-pyrrole nitrogens is 1. The fraction of sp³-hybridized carbons (Fsp3) is 0.357. The van der Waals surface area contributed by atoms with Gasteiger partial charge in [-0.1, -0.05) is 18.2 Å². The summed E-state index contributed by atoms with van der Waals surface area (Å²) in [4.78, 5) is 16.5. The first-order chi connectivity index (χ1) is 8.72. The number of nitrogens with zero attached hydrogens (tertiary/aromatic N) is 1. The summed E-state index contributed by atoms with van der Waals surface area (Å²) in [5.41, 5.74) is 2.26. The molecule has 18 heavy (non-hydrogen) atoms. The van der Waals surface area contributed by atoms with E-state index in [1.165, 1.54) is 5.39 Å². The first kappa shape index (κ1) is 12.6. The number of hydrogen-bond acceptors (Lipinski definition) is 2. The predicted molar refractivity (Wildman–Crippen MR) is 71.3 cm³/mol. The molecule has 0 radical (unpaired) electrons. The number of nitrogens with one attached hydrogen (secondary N) is 1. The van der Waals surface area contributed by atoms with Crippen molar-refractivity contribution < 1.29 is 9.90 Å². The minimum Gasteiger partial charge on any atom is -0.395 e. The van der Waals surface area contributed by atoms with Crippen LogP contribution < -0.4 is 0 Å². The first-order valence-electron chi connectivity index (χ1n) is 6.12. The molecule has 0 saturated carbocycles. The number of carbonyl (C=O) groups is 1. The van der Waals surface area contributed by atoms with E-state index in [0.717, 1.165) is 17.5 Å². The maximum atomic E-state index is 11.8. The molecule has 2 N–H and O–H groups in total. The summed E-state index contributed by atoms with van der Waals surface area (Å²) in [5, 5.41) is 9.96. The van der Waals surface area contributed by atoms with Gasteiger partial charge in [-0.05, 0) is 18.1 Å². The topological polar surface area (TPSA) is 56.3 Å². The number of aromatic nitrogens is 1. The second kappa shape index (κ2) is 5.69. The van der Waals surface area contributed by atoms with Crippen LogP contribution in [0.15, 0.2) is 30.5 Å². The number of para-hydroxylation sites is 1. The molecule has 0 atom stereocenters. The van der Waals surface area contributed by atoms with Gasteiger partial charge >= 0.3 is 0 Å². The standard InChI is InChI=1S/C14H18N2O2/c1-16(8-9-17)14(18)7-6-11-10-15-13-5-3-2-4-12(11)13/h2-5,10,15,17H,6-9H2,1H3. The molecule has 0 spiro atoms. The Bertz CT molecular complexity index is 533. The molecular formula is C14H18N2O2. The zero-order valence-electron chi connectivity index (χ0n) is 10.5. The van der Waals surface area contributed by atoms with Gasteiger partial charge in [-0.25, -0.2) is 0 Å². The Kier molecular flexibility index (Phi) is 3.99. The van der Waals surface area contributed by atoms with Crippen molar-refractivity contribution in [2.75, 3.05) is 20.2 Å². The summed E-state index contributed by atoms with van der Waals surface area (Å²) in [6.07, 6.45) is 3.15. The second-order valence-electron chi connectivity index (χ2n) is 4.40. The van der Waals surface area contributed by atoms with Gasteiger partial charge in [-0.3, -0.25) is 4.79 Å². The zero-order chi connectivity index (χ0) is 13.0. The van der Waals surface area contributed by atoms with Gasteiger partial charge in [0.15, 0.2) is 0 Å². The molecule has 1 aromatic carbocycles. The minimum absolute atomic E-state index is 0.00925. The molecule has 1 heterocycles. The van der Waals surface area contributed by atoms with Crippen LogP contribution in [0.1, 0.15) is 12.0 Å². The highest BCUT2D eigenvalue weighted by Crippen LogP contribution is 2.19. The molecule has 0 aliphatic carbocycles. The zero-order valence-corrected chi connectivity index (χ0v) is 10.5. The Morgan fingerprint density at radius 3 is 2.94 bits per heavy atom. The van der Waals surface area contributed by atoms with Crippen molar-refractivity contribution >= 4 is 16.8 Å². The summed E-state index contributed by atoms with van der Waals surface area (Å²) in [6.45, 7) is 0.405. The van der Waals surface area contributed by atoms with E-state index in [4.69, 9.17) is 5.11 Å². The molecule has 0 aliphatic rings. The summed E-state index contributed by atoms with van der Waals surface area (Å²) < 4.78 is 0. The lowest BCUT2D eigenvalue weighted by molar-refractivity contribution is -0.130. The van der Waals surface area contributed by atoms with Crippen molar-refractivity contribution in [3.63, 3.8) is 0 Å². The Labute approximate surface area is 106 Å². The summed E-state index contributed by atoms with van der Waals surface area (Å²) in [7, 11) is 1.72. The predicted octanol–water partition coefficient (Wildman–Crippen LogP) is 1.55. The number of hydrogen-bond donors (Lipinski definition) is 2. The van der Waals surface area contributed by atoms with Gasteiger partial charge < -0.3 is 15.0 Å². The van der Waals surface area contributed by atoms with E-state index < -0.39 is 0 Å². The number of aryl methyl sites for hydroxylation is 1. The van der Waals surface area contributed by atoms with E-state index >= 15 is 0 Å². The van der Waals surface area contributed by atoms with Crippen molar-refractivity contribution in [1.29, 1.82) is 0 Å². The molecule has 0 saturated heterocycles. The lowest BCUT2D eigenvalue weighted by Gasteiger charge is -2.15. The van der Waals surface area contributed by atoms with Gasteiger partial charge in [0.25, 0.3) is 0 Å². The van der Waals surface area contributed by atoms with Gasteiger partial charge in [0.2, 0.25) is 5.91 Å². The molecular weight excluding hydrogens is 228 g/mol. The Balaban J connectivity index is 2.00. The van der Waals surface area contributed by atoms with E-state index in [1.807, 2.05) is 24.4 Å². The Morgan fingerprint density at radius 2 is 2.17 bits per heavy atom. The van der Waals surface area contributed by atoms with Crippen molar-refractivity contribution in [2.24, 2.45) is 0 Å². The van der Waals surface area contributed by atoms with Gasteiger partial charge in [0.05, 0.1) is 6.61 Å². The lowest BCUT2D eigenvalue weighted by atomic mass is 10.1. The van der Waals surface area contributed by atoms with E-state index in [-0.39, 0.29) is 12.5 Å². The number of fused-ring (bicyclic) bond motifs is 1. The van der Waals surface area contributed by atoms with E-state index in [0.29, 0.717) is 13.0 Å². The first-order valence-corrected chi connectivity index (χ1v) is 6.12. The molecule has 0 unspecified atom stereocenters. The van der Waals surface area contributed by atoms with E-state index in [1.54, 1.807) is 11.9 Å². The monoisotopic (exact) mass is 246 g/mol. The molecule has 1 aromatic heterocycles. The van der Waals surface area contributed by atoms with Crippen LogP contribution in [-0.4, -0.2) is 41.1 Å². The highest BCUT2D eigenvalue weighted by molar-refractivity contribution is 5.84. The van der Waals surface area contributed by atoms with Crippen LogP contribution in [0.5, 0.6) is 0 Å². The smallest absolute Gasteiger partial charge is 0.222 e. The van der Waals surface area contributed by atoms with E-state index in [2.05, 4.69) is 11.1 Å². The maximum Gasteiger partial charge on any atom is 0.222 e. The molecule has 2 rings (SSSR count). The van der Waals surface area contributed by atoms with Crippen LogP contribution in [0, 0.1) is 0 Å². The van der Waals surface area contributed by atoms with Gasteiger partial charge in [-0.2, -0.15) is 0 Å². The average Bonchev–Trinajstić information content (AvgIpc) is 2.79. The average molecular weight is 246 g/mol. The number of aliphatic hydroxyl groups is 1. The molecule has 4 heteroatoms. The molecule has 2 aromatic rings. The molecule has 1 amide bonds. The van der Waals surface area contributed by atoms with Gasteiger partial charge in [0, 0.05) is 37.1 Å². The van der Waals surface area contributed by atoms with Crippen molar-refractivity contribution in [2.45, 2.75) is 12.8 Å².